The summed E-state index contributed by atoms with van der Waals surface area (Å²) in [4.78, 5) is 24.2. The number of amides is 2. The fraction of sp³-hybridized carbons (Fsp3) is 0. The van der Waals surface area contributed by atoms with Gasteiger partial charge in [0.05, 0.1) is 10.6 Å². The first-order valence-electron chi connectivity index (χ1n) is 10.7. The molecule has 5 N–H and O–H groups in total. The molecule has 0 atom stereocenters. The zero-order valence-corrected chi connectivity index (χ0v) is 19.8. The molecule has 0 aromatic heterocycles. The molecule has 0 saturated heterocycles. The van der Waals surface area contributed by atoms with Gasteiger partial charge in [-0.25, -0.2) is 18.3 Å². The fourth-order valence-corrected chi connectivity index (χ4v) is 4.50. The largest absolute Gasteiger partial charge is 0.506 e. The molecule has 0 spiro atoms. The number of hydroxylamine groups is 1. The van der Waals surface area contributed by atoms with E-state index in [0.717, 1.165) is 29.8 Å². The molecule has 4 rings (SSSR count). The lowest BCUT2D eigenvalue weighted by Crippen LogP contribution is -2.18. The second kappa shape index (κ2) is 10.5. The van der Waals surface area contributed by atoms with Gasteiger partial charge in [0.25, 0.3) is 21.8 Å². The molecule has 0 aliphatic rings. The molecule has 37 heavy (non-hydrogen) atoms. The van der Waals surface area contributed by atoms with E-state index in [1.54, 1.807) is 54.0 Å². The van der Waals surface area contributed by atoms with Crippen LogP contribution in [-0.4, -0.2) is 30.5 Å². The summed E-state index contributed by atoms with van der Waals surface area (Å²) < 4.78 is 40.5. The van der Waals surface area contributed by atoms with Crippen molar-refractivity contribution in [1.82, 2.24) is 5.48 Å². The van der Waals surface area contributed by atoms with E-state index in [-0.39, 0.29) is 27.6 Å². The number of anilines is 2. The lowest BCUT2D eigenvalue weighted by atomic mass is 10.0. The zero-order chi connectivity index (χ0) is 26.6. The highest BCUT2D eigenvalue weighted by molar-refractivity contribution is 7.92. The monoisotopic (exact) mass is 521 g/mol. The number of carbonyl (C=O) groups is 2. The highest BCUT2D eigenvalue weighted by Crippen LogP contribution is 2.29. The molecule has 4 aromatic carbocycles. The van der Waals surface area contributed by atoms with E-state index in [9.17, 15) is 27.5 Å². The van der Waals surface area contributed by atoms with E-state index < -0.39 is 27.7 Å². The molecule has 188 valence electrons. The van der Waals surface area contributed by atoms with Gasteiger partial charge in [-0.15, -0.1) is 0 Å². The van der Waals surface area contributed by atoms with Gasteiger partial charge >= 0.3 is 0 Å². The van der Waals surface area contributed by atoms with Crippen molar-refractivity contribution in [1.29, 1.82) is 0 Å². The molecule has 0 fully saturated rings. The van der Waals surface area contributed by atoms with Gasteiger partial charge < -0.3 is 10.4 Å². The summed E-state index contributed by atoms with van der Waals surface area (Å²) in [6, 6.07) is 21.1. The molecule has 0 aliphatic heterocycles. The summed E-state index contributed by atoms with van der Waals surface area (Å²) in [6.07, 6.45) is 0. The van der Waals surface area contributed by atoms with E-state index in [1.165, 1.54) is 18.2 Å². The topological polar surface area (TPSA) is 145 Å². The third kappa shape index (κ3) is 5.92. The van der Waals surface area contributed by atoms with Crippen LogP contribution in [0.15, 0.2) is 95.9 Å². The van der Waals surface area contributed by atoms with E-state index >= 15 is 0 Å². The predicted molar refractivity (Wildman–Crippen MR) is 134 cm³/mol. The number of phenolic OH excluding ortho intramolecular Hbond substituents is 1. The van der Waals surface area contributed by atoms with Crippen molar-refractivity contribution in [3.05, 3.63) is 108 Å². The standard InChI is InChI=1S/C26H20FN3O6S/c27-20-8-11-22(12-9-20)37(35,36)30-23-15-21(10-13-24(23)31)28-25(32)17-6-4-16(5-7-17)18-2-1-3-19(14-18)26(33)29-34/h1-15,30-31,34H,(H,28,32)(H,29,33). The highest BCUT2D eigenvalue weighted by atomic mass is 32.2. The van der Waals surface area contributed by atoms with Gasteiger partial charge in [0.15, 0.2) is 0 Å². The normalized spacial score (nSPS) is 11.0. The first-order chi connectivity index (χ1) is 17.7. The van der Waals surface area contributed by atoms with Crippen LogP contribution >= 0.6 is 0 Å². The maximum Gasteiger partial charge on any atom is 0.274 e. The Morgan fingerprint density at radius 2 is 1.46 bits per heavy atom. The van der Waals surface area contributed by atoms with Gasteiger partial charge in [0, 0.05) is 16.8 Å². The molecular formula is C26H20FN3O6S. The number of hydrogen-bond acceptors (Lipinski definition) is 6. The van der Waals surface area contributed by atoms with Crippen molar-refractivity contribution >= 4 is 33.2 Å². The second-order valence-corrected chi connectivity index (χ2v) is 9.53. The average Bonchev–Trinajstić information content (AvgIpc) is 2.90. The van der Waals surface area contributed by atoms with Gasteiger partial charge in [0.1, 0.15) is 11.6 Å². The molecule has 9 nitrogen and oxygen atoms in total. The van der Waals surface area contributed by atoms with Crippen molar-refractivity contribution in [3.63, 3.8) is 0 Å². The minimum Gasteiger partial charge on any atom is -0.506 e. The molecule has 0 aliphatic carbocycles. The molecule has 2 amide bonds. The number of nitrogens with one attached hydrogen (secondary N) is 3. The van der Waals surface area contributed by atoms with Gasteiger partial charge in [-0.3, -0.25) is 19.5 Å². The molecule has 0 radical (unpaired) electrons. The van der Waals surface area contributed by atoms with Crippen LogP contribution in [0.1, 0.15) is 20.7 Å². The minimum absolute atomic E-state index is 0.177. The molecule has 0 bridgehead atoms. The zero-order valence-electron chi connectivity index (χ0n) is 19.0. The Balaban J connectivity index is 1.49. The van der Waals surface area contributed by atoms with Crippen molar-refractivity contribution < 1.29 is 32.7 Å². The molecule has 11 heteroatoms. The van der Waals surface area contributed by atoms with Crippen molar-refractivity contribution in [2.24, 2.45) is 0 Å². The highest BCUT2D eigenvalue weighted by Gasteiger charge is 2.17. The van der Waals surface area contributed by atoms with Gasteiger partial charge in [0.2, 0.25) is 0 Å². The lowest BCUT2D eigenvalue weighted by molar-refractivity contribution is 0.0706. The van der Waals surface area contributed by atoms with Crippen LogP contribution in [0.4, 0.5) is 15.8 Å². The van der Waals surface area contributed by atoms with Gasteiger partial charge in [-0.05, 0) is 77.9 Å². The van der Waals surface area contributed by atoms with E-state index in [0.29, 0.717) is 11.1 Å². The maximum absolute atomic E-state index is 13.1. The molecule has 4 aromatic rings. The number of phenols is 1. The molecule has 0 heterocycles. The van der Waals surface area contributed by atoms with E-state index in [4.69, 9.17) is 5.21 Å². The number of hydrogen-bond donors (Lipinski definition) is 5. The smallest absolute Gasteiger partial charge is 0.274 e. The van der Waals surface area contributed by atoms with Gasteiger partial charge in [-0.2, -0.15) is 0 Å². The number of carbonyl (C=O) groups excluding carboxylic acids is 2. The van der Waals surface area contributed by atoms with Crippen LogP contribution in [-0.2, 0) is 10.0 Å². The Morgan fingerprint density at radius 3 is 2.14 bits per heavy atom. The Bertz CT molecular complexity index is 1570. The second-order valence-electron chi connectivity index (χ2n) is 7.84. The Kier molecular flexibility index (Phi) is 7.18. The number of rotatable bonds is 7. The average molecular weight is 522 g/mol. The molecule has 0 saturated carbocycles. The van der Waals surface area contributed by atoms with Crippen molar-refractivity contribution in [2.45, 2.75) is 4.90 Å². The predicted octanol–water partition coefficient (Wildman–Crippen LogP) is 4.37. The number of benzene rings is 4. The quantitative estimate of drug-likeness (QED) is 0.106. The minimum atomic E-state index is -4.12. The third-order valence-electron chi connectivity index (χ3n) is 5.33. The van der Waals surface area contributed by atoms with E-state index in [2.05, 4.69) is 10.0 Å². The van der Waals surface area contributed by atoms with Crippen LogP contribution in [0.5, 0.6) is 5.75 Å². The summed E-state index contributed by atoms with van der Waals surface area (Å²) in [5.74, 6) is -2.10. The summed E-state index contributed by atoms with van der Waals surface area (Å²) in [7, 11) is -4.12. The number of halogens is 1. The Labute approximate surface area is 211 Å². The van der Waals surface area contributed by atoms with Crippen molar-refractivity contribution in [3.8, 4) is 16.9 Å². The summed E-state index contributed by atoms with van der Waals surface area (Å²) in [5.41, 5.74) is 3.61. The van der Waals surface area contributed by atoms with Crippen molar-refractivity contribution in [2.75, 3.05) is 10.0 Å². The Hall–Kier alpha value is -4.74. The number of sulfonamides is 1. The SMILES string of the molecule is O=C(NO)c1cccc(-c2ccc(C(=O)Nc3ccc(O)c(NS(=O)(=O)c4ccc(F)cc4)c3)cc2)c1. The van der Waals surface area contributed by atoms with Crippen LogP contribution in [0, 0.1) is 5.82 Å². The Morgan fingerprint density at radius 1 is 0.757 bits per heavy atom. The molecular weight excluding hydrogens is 501 g/mol. The third-order valence-corrected chi connectivity index (χ3v) is 6.71. The van der Waals surface area contributed by atoms with Crippen LogP contribution in [0.25, 0.3) is 11.1 Å². The maximum atomic E-state index is 13.1. The lowest BCUT2D eigenvalue weighted by Gasteiger charge is -2.12. The van der Waals surface area contributed by atoms with Crippen LogP contribution < -0.4 is 15.5 Å². The fourth-order valence-electron chi connectivity index (χ4n) is 3.43. The summed E-state index contributed by atoms with van der Waals surface area (Å²) in [6.45, 7) is 0. The first-order valence-corrected chi connectivity index (χ1v) is 12.2. The van der Waals surface area contributed by atoms with Gasteiger partial charge in [-0.1, -0.05) is 24.3 Å². The van der Waals surface area contributed by atoms with E-state index in [1.807, 2.05) is 0 Å². The number of aromatic hydroxyl groups is 1. The first kappa shape index (κ1) is 25.4. The molecule has 0 unspecified atom stereocenters. The van der Waals surface area contributed by atoms with Crippen LogP contribution in [0.2, 0.25) is 0 Å². The van der Waals surface area contributed by atoms with Crippen LogP contribution in [0.3, 0.4) is 0 Å². The summed E-state index contributed by atoms with van der Waals surface area (Å²) in [5, 5.41) is 21.6. The summed E-state index contributed by atoms with van der Waals surface area (Å²) >= 11 is 0.